The van der Waals surface area contributed by atoms with Crippen molar-refractivity contribution in [2.24, 2.45) is 5.92 Å². The summed E-state index contributed by atoms with van der Waals surface area (Å²) in [5.74, 6) is 0.332. The van der Waals surface area contributed by atoms with Crippen molar-refractivity contribution in [1.82, 2.24) is 19.7 Å². The number of benzene rings is 1. The Hall–Kier alpha value is -3.01. The molecule has 1 aromatic heterocycles. The third-order valence-corrected chi connectivity index (χ3v) is 6.41. The van der Waals surface area contributed by atoms with Crippen LogP contribution in [0.1, 0.15) is 29.9 Å². The third-order valence-electron chi connectivity index (χ3n) is 6.41. The summed E-state index contributed by atoms with van der Waals surface area (Å²) < 4.78 is 12.1. The highest BCUT2D eigenvalue weighted by Crippen LogP contribution is 2.27. The zero-order chi connectivity index (χ0) is 26.2. The molecule has 1 aromatic carbocycles. The van der Waals surface area contributed by atoms with Gasteiger partial charge in [-0.1, -0.05) is 13.0 Å². The predicted molar refractivity (Wildman–Crippen MR) is 140 cm³/mol. The van der Waals surface area contributed by atoms with Gasteiger partial charge in [-0.2, -0.15) is 0 Å². The van der Waals surface area contributed by atoms with Gasteiger partial charge in [0.1, 0.15) is 12.4 Å². The number of anilines is 1. The average molecular weight is 498 g/mol. The molecule has 1 N–H and O–H groups in total. The molecule has 0 spiro atoms. The minimum atomic E-state index is -0.149. The number of aromatic nitrogens is 1. The van der Waals surface area contributed by atoms with Crippen molar-refractivity contribution in [2.45, 2.75) is 32.5 Å². The summed E-state index contributed by atoms with van der Waals surface area (Å²) in [6.07, 6.45) is 1.67. The van der Waals surface area contributed by atoms with E-state index in [4.69, 9.17) is 9.47 Å². The lowest BCUT2D eigenvalue weighted by Crippen LogP contribution is -2.46. The SMILES string of the molecule is CO[C@@H]1CN(C)C(=O)c2ccc(NC(=O)CN(C)C)cc2OC[C@@H](C)N(Cc2ccccn2)C[C@H]1C. The van der Waals surface area contributed by atoms with E-state index in [1.807, 2.05) is 32.3 Å². The second kappa shape index (κ2) is 12.8. The van der Waals surface area contributed by atoms with Crippen LogP contribution in [0.3, 0.4) is 0 Å². The molecule has 36 heavy (non-hydrogen) atoms. The monoisotopic (exact) mass is 497 g/mol. The van der Waals surface area contributed by atoms with E-state index >= 15 is 0 Å². The fourth-order valence-electron chi connectivity index (χ4n) is 4.33. The molecule has 0 fully saturated rings. The summed E-state index contributed by atoms with van der Waals surface area (Å²) in [4.78, 5) is 36.0. The zero-order valence-electron chi connectivity index (χ0n) is 22.2. The lowest BCUT2D eigenvalue weighted by atomic mass is 10.0. The second-order valence-corrected chi connectivity index (χ2v) is 9.84. The summed E-state index contributed by atoms with van der Waals surface area (Å²) >= 11 is 0. The fourth-order valence-corrected chi connectivity index (χ4v) is 4.33. The smallest absolute Gasteiger partial charge is 0.257 e. The van der Waals surface area contributed by atoms with Crippen molar-refractivity contribution in [3.63, 3.8) is 0 Å². The molecule has 0 radical (unpaired) electrons. The molecular formula is C27H39N5O4. The van der Waals surface area contributed by atoms with Gasteiger partial charge in [0.05, 0.1) is 23.9 Å². The first-order chi connectivity index (χ1) is 17.2. The molecule has 1 aliphatic heterocycles. The minimum absolute atomic E-state index is 0.0408. The molecule has 0 bridgehead atoms. The first-order valence-electron chi connectivity index (χ1n) is 12.3. The quantitative estimate of drug-likeness (QED) is 0.656. The summed E-state index contributed by atoms with van der Waals surface area (Å²) in [5.41, 5.74) is 2.02. The Kier molecular flexibility index (Phi) is 9.81. The molecule has 2 aromatic rings. The highest BCUT2D eigenvalue weighted by Gasteiger charge is 2.28. The second-order valence-electron chi connectivity index (χ2n) is 9.84. The van der Waals surface area contributed by atoms with Gasteiger partial charge >= 0.3 is 0 Å². The number of rotatable bonds is 6. The maximum atomic E-state index is 13.4. The largest absolute Gasteiger partial charge is 0.491 e. The Labute approximate surface area is 214 Å². The van der Waals surface area contributed by atoms with E-state index in [0.717, 1.165) is 12.2 Å². The lowest BCUT2D eigenvalue weighted by Gasteiger charge is -2.35. The molecule has 3 rings (SSSR count). The number of hydrogen-bond donors (Lipinski definition) is 1. The van der Waals surface area contributed by atoms with Crippen molar-refractivity contribution < 1.29 is 19.1 Å². The molecule has 9 heteroatoms. The van der Waals surface area contributed by atoms with Gasteiger partial charge in [-0.05, 0) is 51.2 Å². The summed E-state index contributed by atoms with van der Waals surface area (Å²) in [5, 5.41) is 2.89. The van der Waals surface area contributed by atoms with Crippen LogP contribution in [-0.2, 0) is 16.1 Å². The highest BCUT2D eigenvalue weighted by molar-refractivity contribution is 5.98. The molecule has 196 valence electrons. The molecule has 9 nitrogen and oxygen atoms in total. The van der Waals surface area contributed by atoms with Gasteiger partial charge in [-0.3, -0.25) is 19.5 Å². The number of nitrogens with one attached hydrogen (secondary N) is 1. The standard InChI is InChI=1S/C27H39N5O4/c1-19-14-32(15-22-9-7-8-12-28-22)20(2)18-36-24-13-21(29-26(33)17-30(3)4)10-11-23(24)27(34)31(5)16-25(19)35-6/h7-13,19-20,25H,14-18H2,1-6H3,(H,29,33)/t19-,20-,25-/m1/s1. The number of pyridine rings is 1. The maximum absolute atomic E-state index is 13.4. The number of amides is 2. The van der Waals surface area contributed by atoms with Crippen LogP contribution in [0.2, 0.25) is 0 Å². The van der Waals surface area contributed by atoms with Crippen molar-refractivity contribution in [3.05, 3.63) is 53.9 Å². The first-order valence-corrected chi connectivity index (χ1v) is 12.3. The van der Waals surface area contributed by atoms with Gasteiger partial charge in [0.15, 0.2) is 0 Å². The van der Waals surface area contributed by atoms with Gasteiger partial charge in [0.25, 0.3) is 5.91 Å². The zero-order valence-corrected chi connectivity index (χ0v) is 22.2. The van der Waals surface area contributed by atoms with E-state index in [0.29, 0.717) is 36.7 Å². The highest BCUT2D eigenvalue weighted by atomic mass is 16.5. The molecule has 3 atom stereocenters. The predicted octanol–water partition coefficient (Wildman–Crippen LogP) is 2.59. The number of hydrogen-bond acceptors (Lipinski definition) is 7. The topological polar surface area (TPSA) is 87.2 Å². The van der Waals surface area contributed by atoms with Gasteiger partial charge in [-0.15, -0.1) is 0 Å². The Bertz CT molecular complexity index is 1020. The number of carbonyl (C=O) groups is 2. The Morgan fingerprint density at radius 3 is 2.67 bits per heavy atom. The normalized spacial score (nSPS) is 21.8. The summed E-state index contributed by atoms with van der Waals surface area (Å²) in [7, 11) is 7.14. The molecular weight excluding hydrogens is 458 g/mol. The van der Waals surface area contributed by atoms with Gasteiger partial charge < -0.3 is 24.6 Å². The third kappa shape index (κ3) is 7.49. The van der Waals surface area contributed by atoms with Crippen molar-refractivity contribution in [3.8, 4) is 5.75 Å². The molecule has 1 aliphatic rings. The molecule has 0 unspecified atom stereocenters. The van der Waals surface area contributed by atoms with Crippen LogP contribution in [0.4, 0.5) is 5.69 Å². The van der Waals surface area contributed by atoms with Crippen LogP contribution < -0.4 is 10.1 Å². The summed E-state index contributed by atoms with van der Waals surface area (Å²) in [6.45, 7) is 6.77. The Balaban J connectivity index is 1.91. The van der Waals surface area contributed by atoms with Crippen LogP contribution >= 0.6 is 0 Å². The van der Waals surface area contributed by atoms with E-state index in [1.54, 1.807) is 48.4 Å². The minimum Gasteiger partial charge on any atom is -0.491 e. The summed E-state index contributed by atoms with van der Waals surface area (Å²) in [6, 6.07) is 11.1. The van der Waals surface area contributed by atoms with Crippen LogP contribution in [-0.4, -0.2) is 98.1 Å². The average Bonchev–Trinajstić information content (AvgIpc) is 2.84. The van der Waals surface area contributed by atoms with Crippen molar-refractivity contribution in [1.29, 1.82) is 0 Å². The van der Waals surface area contributed by atoms with Gasteiger partial charge in [0, 0.05) is 57.8 Å². The van der Waals surface area contributed by atoms with Crippen LogP contribution in [0, 0.1) is 5.92 Å². The van der Waals surface area contributed by atoms with E-state index in [9.17, 15) is 9.59 Å². The van der Waals surface area contributed by atoms with E-state index in [1.165, 1.54) is 0 Å². The van der Waals surface area contributed by atoms with Crippen molar-refractivity contribution in [2.75, 3.05) is 59.8 Å². The van der Waals surface area contributed by atoms with Crippen LogP contribution in [0.5, 0.6) is 5.75 Å². The maximum Gasteiger partial charge on any atom is 0.257 e. The number of ether oxygens (including phenoxy) is 2. The van der Waals surface area contributed by atoms with E-state index in [-0.39, 0.29) is 36.4 Å². The van der Waals surface area contributed by atoms with Crippen LogP contribution in [0.15, 0.2) is 42.6 Å². The van der Waals surface area contributed by atoms with E-state index in [2.05, 4.69) is 29.0 Å². The Morgan fingerprint density at radius 1 is 1.22 bits per heavy atom. The Morgan fingerprint density at radius 2 is 2.00 bits per heavy atom. The van der Waals surface area contributed by atoms with Gasteiger partial charge in [0.2, 0.25) is 5.91 Å². The molecule has 2 heterocycles. The number of methoxy groups -OCH3 is 1. The fraction of sp³-hybridized carbons (Fsp3) is 0.519. The molecule has 0 aliphatic carbocycles. The number of fused-ring (bicyclic) bond motifs is 1. The molecule has 0 saturated carbocycles. The number of carbonyl (C=O) groups excluding carboxylic acids is 2. The van der Waals surface area contributed by atoms with Crippen LogP contribution in [0.25, 0.3) is 0 Å². The number of nitrogens with zero attached hydrogens (tertiary/aromatic N) is 4. The number of likely N-dealkylation sites (N-methyl/N-ethyl adjacent to an activating group) is 2. The van der Waals surface area contributed by atoms with Crippen molar-refractivity contribution >= 4 is 17.5 Å². The lowest BCUT2D eigenvalue weighted by molar-refractivity contribution is -0.116. The molecule has 2 amide bonds. The van der Waals surface area contributed by atoms with E-state index < -0.39 is 0 Å². The first kappa shape index (κ1) is 27.6. The van der Waals surface area contributed by atoms with Gasteiger partial charge in [-0.25, -0.2) is 0 Å². The molecule has 0 saturated heterocycles.